The van der Waals surface area contributed by atoms with E-state index < -0.39 is 10.0 Å². The fourth-order valence-corrected chi connectivity index (χ4v) is 4.17. The molecule has 1 aromatic rings. The Hall–Kier alpha value is -0.890. The number of nitrogens with one attached hydrogen (secondary N) is 1. The molecule has 19 heavy (non-hydrogen) atoms. The third-order valence-electron chi connectivity index (χ3n) is 3.43. The molecule has 1 aliphatic heterocycles. The molecule has 0 aliphatic carbocycles. The quantitative estimate of drug-likeness (QED) is 0.857. The molecule has 2 heterocycles. The number of aliphatic hydroxyl groups excluding tert-OH is 1. The molecule has 0 spiro atoms. The summed E-state index contributed by atoms with van der Waals surface area (Å²) in [6.45, 7) is 5.23. The van der Waals surface area contributed by atoms with Crippen molar-refractivity contribution in [3.05, 3.63) is 17.1 Å². The minimum absolute atomic E-state index is 0.0478. The van der Waals surface area contributed by atoms with Crippen molar-refractivity contribution in [2.75, 3.05) is 6.61 Å². The van der Waals surface area contributed by atoms with Crippen LogP contribution in [-0.4, -0.2) is 32.3 Å². The first-order valence-electron chi connectivity index (χ1n) is 6.20. The Labute approximate surface area is 112 Å². The van der Waals surface area contributed by atoms with Crippen LogP contribution in [0.4, 0.5) is 0 Å². The molecule has 1 saturated heterocycles. The van der Waals surface area contributed by atoms with Gasteiger partial charge in [-0.05, 0) is 27.2 Å². The second kappa shape index (κ2) is 5.24. The molecule has 6 nitrogen and oxygen atoms in total. The summed E-state index contributed by atoms with van der Waals surface area (Å²) in [4.78, 5) is 0.0478. The van der Waals surface area contributed by atoms with Crippen LogP contribution in [0.2, 0.25) is 0 Å². The molecular formula is C12H19NO5S. The summed E-state index contributed by atoms with van der Waals surface area (Å²) in [6.07, 6.45) is 0.491. The molecular weight excluding hydrogens is 270 g/mol. The number of hydrogen-bond acceptors (Lipinski definition) is 5. The van der Waals surface area contributed by atoms with Gasteiger partial charge in [-0.1, -0.05) is 0 Å². The predicted molar refractivity (Wildman–Crippen MR) is 68.2 cm³/mol. The number of sulfonamides is 1. The van der Waals surface area contributed by atoms with Crippen molar-refractivity contribution in [1.82, 2.24) is 4.72 Å². The molecule has 2 unspecified atom stereocenters. The zero-order valence-corrected chi connectivity index (χ0v) is 12.1. The maximum atomic E-state index is 12.4. The van der Waals surface area contributed by atoms with Crippen LogP contribution >= 0.6 is 0 Å². The van der Waals surface area contributed by atoms with Gasteiger partial charge in [-0.15, -0.1) is 0 Å². The lowest BCUT2D eigenvalue weighted by molar-refractivity contribution is 0.117. The Morgan fingerprint density at radius 3 is 2.58 bits per heavy atom. The standard InChI is InChI=1S/C12H19NO5S/c1-7-10(6-14)12(9(3)18-7)19(15,16)13-11-4-5-17-8(11)2/h8,11,13-14H,4-6H2,1-3H3. The van der Waals surface area contributed by atoms with Crippen LogP contribution in [0.1, 0.15) is 30.4 Å². The topological polar surface area (TPSA) is 88.8 Å². The first kappa shape index (κ1) is 14.5. The summed E-state index contributed by atoms with van der Waals surface area (Å²) in [6, 6.07) is -0.244. The third kappa shape index (κ3) is 2.69. The maximum Gasteiger partial charge on any atom is 0.244 e. The van der Waals surface area contributed by atoms with E-state index in [1.807, 2.05) is 6.92 Å². The largest absolute Gasteiger partial charge is 0.465 e. The second-order valence-corrected chi connectivity index (χ2v) is 6.42. The number of aliphatic hydroxyl groups is 1. The fraction of sp³-hybridized carbons (Fsp3) is 0.667. The van der Waals surface area contributed by atoms with Gasteiger partial charge in [-0.25, -0.2) is 13.1 Å². The summed E-state index contributed by atoms with van der Waals surface area (Å²) in [5.74, 6) is 0.719. The van der Waals surface area contributed by atoms with Gasteiger partial charge in [0.1, 0.15) is 16.4 Å². The Morgan fingerprint density at radius 1 is 1.37 bits per heavy atom. The van der Waals surface area contributed by atoms with E-state index >= 15 is 0 Å². The number of rotatable bonds is 4. The number of aryl methyl sites for hydroxylation is 2. The average molecular weight is 289 g/mol. The van der Waals surface area contributed by atoms with Crippen molar-refractivity contribution >= 4 is 10.0 Å². The van der Waals surface area contributed by atoms with Crippen LogP contribution in [0, 0.1) is 13.8 Å². The lowest BCUT2D eigenvalue weighted by atomic mass is 10.2. The minimum atomic E-state index is -3.71. The Morgan fingerprint density at radius 2 is 2.05 bits per heavy atom. The van der Waals surface area contributed by atoms with E-state index in [1.165, 1.54) is 0 Å². The van der Waals surface area contributed by atoms with Crippen LogP contribution < -0.4 is 4.72 Å². The van der Waals surface area contributed by atoms with E-state index in [1.54, 1.807) is 13.8 Å². The molecule has 1 fully saturated rings. The zero-order valence-electron chi connectivity index (χ0n) is 11.3. The van der Waals surface area contributed by atoms with E-state index in [9.17, 15) is 13.5 Å². The van der Waals surface area contributed by atoms with Gasteiger partial charge < -0.3 is 14.3 Å². The van der Waals surface area contributed by atoms with E-state index in [0.29, 0.717) is 30.1 Å². The van der Waals surface area contributed by atoms with Crippen molar-refractivity contribution in [3.63, 3.8) is 0 Å². The van der Waals surface area contributed by atoms with E-state index in [0.717, 1.165) is 0 Å². The van der Waals surface area contributed by atoms with Gasteiger partial charge in [0.2, 0.25) is 10.0 Å². The molecule has 108 valence electrons. The summed E-state index contributed by atoms with van der Waals surface area (Å²) in [7, 11) is -3.71. The molecule has 0 saturated carbocycles. The molecule has 0 bridgehead atoms. The highest BCUT2D eigenvalue weighted by atomic mass is 32.2. The summed E-state index contributed by atoms with van der Waals surface area (Å²) in [5.41, 5.74) is 0.316. The molecule has 2 N–H and O–H groups in total. The highest BCUT2D eigenvalue weighted by molar-refractivity contribution is 7.89. The first-order chi connectivity index (χ1) is 8.86. The molecule has 2 atom stereocenters. The van der Waals surface area contributed by atoms with Gasteiger partial charge >= 0.3 is 0 Å². The van der Waals surface area contributed by atoms with E-state index in [-0.39, 0.29) is 23.6 Å². The van der Waals surface area contributed by atoms with Gasteiger partial charge in [-0.2, -0.15) is 0 Å². The highest BCUT2D eigenvalue weighted by Crippen LogP contribution is 2.27. The number of hydrogen-bond donors (Lipinski definition) is 2. The van der Waals surface area contributed by atoms with Gasteiger partial charge in [0.15, 0.2) is 0 Å². The van der Waals surface area contributed by atoms with Gasteiger partial charge in [-0.3, -0.25) is 0 Å². The number of furan rings is 1. The molecule has 7 heteroatoms. The summed E-state index contributed by atoms with van der Waals surface area (Å²) >= 11 is 0. The maximum absolute atomic E-state index is 12.4. The Bertz CT molecular complexity index is 563. The van der Waals surface area contributed by atoms with E-state index in [2.05, 4.69) is 4.72 Å². The van der Waals surface area contributed by atoms with Crippen molar-refractivity contribution in [2.45, 2.75) is 50.8 Å². The monoisotopic (exact) mass is 289 g/mol. The summed E-state index contributed by atoms with van der Waals surface area (Å²) in [5, 5.41) is 9.31. The van der Waals surface area contributed by atoms with Crippen LogP contribution in [0.3, 0.4) is 0 Å². The zero-order chi connectivity index (χ0) is 14.2. The lowest BCUT2D eigenvalue weighted by Crippen LogP contribution is -2.39. The van der Waals surface area contributed by atoms with Crippen LogP contribution in [0.25, 0.3) is 0 Å². The van der Waals surface area contributed by atoms with Crippen molar-refractivity contribution < 1.29 is 22.7 Å². The molecule has 0 aromatic carbocycles. The summed E-state index contributed by atoms with van der Waals surface area (Å²) < 4.78 is 38.1. The van der Waals surface area contributed by atoms with Crippen LogP contribution in [0.15, 0.2) is 9.31 Å². The SMILES string of the molecule is Cc1oc(C)c(S(=O)(=O)NC2CCOC2C)c1CO. The van der Waals surface area contributed by atoms with Gasteiger partial charge in [0.05, 0.1) is 18.8 Å². The molecule has 0 radical (unpaired) electrons. The third-order valence-corrected chi connectivity index (χ3v) is 5.12. The van der Waals surface area contributed by atoms with E-state index in [4.69, 9.17) is 9.15 Å². The van der Waals surface area contributed by atoms with Crippen LogP contribution in [0.5, 0.6) is 0 Å². The van der Waals surface area contributed by atoms with Crippen molar-refractivity contribution in [3.8, 4) is 0 Å². The predicted octanol–water partition coefficient (Wildman–Crippen LogP) is 0.844. The molecule has 1 aliphatic rings. The van der Waals surface area contributed by atoms with Crippen molar-refractivity contribution in [2.24, 2.45) is 0 Å². The fourth-order valence-electron chi connectivity index (χ4n) is 2.39. The Balaban J connectivity index is 2.34. The normalized spacial score (nSPS) is 24.0. The Kier molecular flexibility index (Phi) is 4.00. The first-order valence-corrected chi connectivity index (χ1v) is 7.68. The molecule has 0 amide bonds. The number of ether oxygens (including phenoxy) is 1. The van der Waals surface area contributed by atoms with Crippen LogP contribution in [-0.2, 0) is 21.4 Å². The van der Waals surface area contributed by atoms with Gasteiger partial charge in [0, 0.05) is 12.2 Å². The second-order valence-electron chi connectivity index (χ2n) is 4.77. The van der Waals surface area contributed by atoms with Crippen molar-refractivity contribution in [1.29, 1.82) is 0 Å². The lowest BCUT2D eigenvalue weighted by Gasteiger charge is -2.16. The smallest absolute Gasteiger partial charge is 0.244 e. The average Bonchev–Trinajstić information content (AvgIpc) is 2.82. The minimum Gasteiger partial charge on any atom is -0.465 e. The molecule has 1 aromatic heterocycles. The molecule has 2 rings (SSSR count). The highest BCUT2D eigenvalue weighted by Gasteiger charge is 2.33. The van der Waals surface area contributed by atoms with Gasteiger partial charge in [0.25, 0.3) is 0 Å².